The Morgan fingerprint density at radius 2 is 1.95 bits per heavy atom. The zero-order valence-corrected chi connectivity index (χ0v) is 13.4. The van der Waals surface area contributed by atoms with Gasteiger partial charge in [0.15, 0.2) is 5.78 Å². The van der Waals surface area contributed by atoms with E-state index in [4.69, 9.17) is 23.2 Å². The first-order valence-electron chi connectivity index (χ1n) is 5.24. The lowest BCUT2D eigenvalue weighted by atomic mass is 10.2. The van der Waals surface area contributed by atoms with Crippen molar-refractivity contribution in [3.8, 4) is 0 Å². The summed E-state index contributed by atoms with van der Waals surface area (Å²) in [5.41, 5.74) is 1.31. The lowest BCUT2D eigenvalue weighted by Crippen LogP contribution is -1.95. The van der Waals surface area contributed by atoms with Gasteiger partial charge in [-0.25, -0.2) is 0 Å². The van der Waals surface area contributed by atoms with Crippen molar-refractivity contribution in [2.45, 2.75) is 0 Å². The van der Waals surface area contributed by atoms with E-state index in [0.29, 0.717) is 14.2 Å². The summed E-state index contributed by atoms with van der Waals surface area (Å²) in [6.07, 6.45) is 3.00. The van der Waals surface area contributed by atoms with Crippen LogP contribution in [0.2, 0.25) is 8.67 Å². The monoisotopic (exact) mass is 375 g/mol. The Morgan fingerprint density at radius 1 is 1.26 bits per heavy atom. The molecule has 2 rings (SSSR count). The zero-order chi connectivity index (χ0) is 13.8. The topological polar surface area (TPSA) is 29.1 Å². The van der Waals surface area contributed by atoms with Gasteiger partial charge in [0.1, 0.15) is 4.34 Å². The second-order valence-electron chi connectivity index (χ2n) is 3.59. The number of hydrogen-bond donors (Lipinski definition) is 1. The number of rotatable bonds is 4. The molecule has 0 bridgehead atoms. The molecule has 0 unspecified atom stereocenters. The summed E-state index contributed by atoms with van der Waals surface area (Å²) in [6.45, 7) is 0. The van der Waals surface area contributed by atoms with Crippen LogP contribution in [0.4, 0.5) is 5.69 Å². The van der Waals surface area contributed by atoms with E-state index in [1.807, 2.05) is 24.3 Å². The highest BCUT2D eigenvalue weighted by atomic mass is 79.9. The van der Waals surface area contributed by atoms with Crippen LogP contribution in [0.1, 0.15) is 10.4 Å². The molecule has 0 aliphatic heterocycles. The molecule has 0 radical (unpaired) electrons. The number of benzene rings is 1. The molecule has 0 saturated carbocycles. The molecule has 1 aromatic carbocycles. The van der Waals surface area contributed by atoms with Gasteiger partial charge in [0.25, 0.3) is 0 Å². The molecule has 6 heteroatoms. The van der Waals surface area contributed by atoms with Crippen molar-refractivity contribution in [3.63, 3.8) is 0 Å². The predicted octanol–water partition coefficient (Wildman–Crippen LogP) is 5.63. The number of allylic oxidation sites excluding steroid dienone is 1. The van der Waals surface area contributed by atoms with Crippen molar-refractivity contribution in [3.05, 3.63) is 61.3 Å². The molecule has 0 aliphatic carbocycles. The van der Waals surface area contributed by atoms with E-state index in [9.17, 15) is 4.79 Å². The third-order valence-electron chi connectivity index (χ3n) is 2.25. The zero-order valence-electron chi connectivity index (χ0n) is 9.49. The number of hydrogen-bond acceptors (Lipinski definition) is 3. The summed E-state index contributed by atoms with van der Waals surface area (Å²) in [6, 6.07) is 9.18. The Hall–Kier alpha value is -0.810. The fourth-order valence-electron chi connectivity index (χ4n) is 1.36. The van der Waals surface area contributed by atoms with Gasteiger partial charge in [-0.15, -0.1) is 11.3 Å². The Labute approximate surface area is 133 Å². The fraction of sp³-hybridized carbons (Fsp3) is 0. The molecule has 2 nitrogen and oxygen atoms in total. The van der Waals surface area contributed by atoms with Gasteiger partial charge in [0.2, 0.25) is 0 Å². The van der Waals surface area contributed by atoms with Gasteiger partial charge in [-0.2, -0.15) is 0 Å². The van der Waals surface area contributed by atoms with Crippen LogP contribution in [-0.2, 0) is 0 Å². The van der Waals surface area contributed by atoms with E-state index in [1.165, 1.54) is 17.4 Å². The first-order chi connectivity index (χ1) is 9.06. The molecule has 0 amide bonds. The molecule has 0 aliphatic rings. The average molecular weight is 377 g/mol. The maximum Gasteiger partial charge on any atom is 0.189 e. The van der Waals surface area contributed by atoms with E-state index < -0.39 is 0 Å². The Morgan fingerprint density at radius 3 is 2.53 bits per heavy atom. The molecule has 98 valence electrons. The number of halogens is 3. The van der Waals surface area contributed by atoms with Crippen LogP contribution < -0.4 is 5.32 Å². The maximum atomic E-state index is 11.9. The highest BCUT2D eigenvalue weighted by Crippen LogP contribution is 2.31. The first-order valence-corrected chi connectivity index (χ1v) is 7.60. The van der Waals surface area contributed by atoms with Crippen LogP contribution in [0.3, 0.4) is 0 Å². The van der Waals surface area contributed by atoms with Crippen molar-refractivity contribution >= 4 is 61.9 Å². The van der Waals surface area contributed by atoms with Crippen molar-refractivity contribution in [2.24, 2.45) is 0 Å². The number of carbonyl (C=O) groups excluding carboxylic acids is 1. The van der Waals surface area contributed by atoms with Gasteiger partial charge >= 0.3 is 0 Å². The van der Waals surface area contributed by atoms with Gasteiger partial charge in [0.05, 0.1) is 9.90 Å². The largest absolute Gasteiger partial charge is 0.362 e. The lowest BCUT2D eigenvalue weighted by Gasteiger charge is -1.99. The van der Waals surface area contributed by atoms with E-state index in [1.54, 1.807) is 12.3 Å². The minimum atomic E-state index is -0.183. The second kappa shape index (κ2) is 6.57. The third kappa shape index (κ3) is 4.08. The van der Waals surface area contributed by atoms with Gasteiger partial charge in [-0.3, -0.25) is 4.79 Å². The van der Waals surface area contributed by atoms with Gasteiger partial charge in [0, 0.05) is 22.4 Å². The molecule has 0 fully saturated rings. The van der Waals surface area contributed by atoms with E-state index in [2.05, 4.69) is 21.2 Å². The molecule has 0 spiro atoms. The minimum absolute atomic E-state index is 0.183. The van der Waals surface area contributed by atoms with E-state index in [0.717, 1.165) is 10.2 Å². The molecule has 2 aromatic rings. The molecule has 1 aromatic heterocycles. The van der Waals surface area contributed by atoms with Crippen LogP contribution in [0.25, 0.3) is 0 Å². The van der Waals surface area contributed by atoms with Crippen LogP contribution in [0.15, 0.2) is 47.1 Å². The average Bonchev–Trinajstić information content (AvgIpc) is 2.71. The number of anilines is 1. The second-order valence-corrected chi connectivity index (χ2v) is 6.79. The van der Waals surface area contributed by atoms with E-state index >= 15 is 0 Å². The molecule has 1 heterocycles. The van der Waals surface area contributed by atoms with Crippen molar-refractivity contribution in [1.29, 1.82) is 0 Å². The molecular weight excluding hydrogens is 369 g/mol. The molecule has 0 saturated heterocycles. The maximum absolute atomic E-state index is 11.9. The van der Waals surface area contributed by atoms with Crippen LogP contribution in [0, 0.1) is 0 Å². The van der Waals surface area contributed by atoms with Crippen LogP contribution in [0.5, 0.6) is 0 Å². The highest BCUT2D eigenvalue weighted by molar-refractivity contribution is 9.10. The standard InChI is InChI=1S/C13H8BrCl2NOS/c14-8-1-3-9(4-2-8)17-6-5-11(18)10-7-12(15)19-13(10)16/h1-7,17H/b6-5+. The molecule has 19 heavy (non-hydrogen) atoms. The highest BCUT2D eigenvalue weighted by Gasteiger charge is 2.11. The molecule has 0 atom stereocenters. The summed E-state index contributed by atoms with van der Waals surface area (Å²) < 4.78 is 1.91. The number of nitrogens with one attached hydrogen (secondary N) is 1. The van der Waals surface area contributed by atoms with Crippen molar-refractivity contribution < 1.29 is 4.79 Å². The SMILES string of the molecule is O=C(/C=C/Nc1ccc(Br)cc1)c1cc(Cl)sc1Cl. The van der Waals surface area contributed by atoms with Gasteiger partial charge < -0.3 is 5.32 Å². The van der Waals surface area contributed by atoms with Gasteiger partial charge in [-0.05, 0) is 30.3 Å². The minimum Gasteiger partial charge on any atom is -0.362 e. The van der Waals surface area contributed by atoms with E-state index in [-0.39, 0.29) is 5.78 Å². The third-order valence-corrected chi connectivity index (χ3v) is 4.27. The summed E-state index contributed by atoms with van der Waals surface area (Å²) in [5.74, 6) is -0.183. The summed E-state index contributed by atoms with van der Waals surface area (Å²) >= 11 is 16.2. The first kappa shape index (κ1) is 14.6. The smallest absolute Gasteiger partial charge is 0.189 e. The van der Waals surface area contributed by atoms with Crippen LogP contribution >= 0.6 is 50.5 Å². The predicted molar refractivity (Wildman–Crippen MR) is 85.6 cm³/mol. The Kier molecular flexibility index (Phi) is 5.05. The quantitative estimate of drug-likeness (QED) is 0.553. The van der Waals surface area contributed by atoms with Crippen molar-refractivity contribution in [2.75, 3.05) is 5.32 Å². The summed E-state index contributed by atoms with van der Waals surface area (Å²) in [5, 5.41) is 3.00. The van der Waals surface area contributed by atoms with Crippen LogP contribution in [-0.4, -0.2) is 5.78 Å². The fourth-order valence-corrected chi connectivity index (χ4v) is 3.10. The summed E-state index contributed by atoms with van der Waals surface area (Å²) in [7, 11) is 0. The molecular formula is C13H8BrCl2NOS. The number of carbonyl (C=O) groups is 1. The van der Waals surface area contributed by atoms with Crippen molar-refractivity contribution in [1.82, 2.24) is 0 Å². The summed E-state index contributed by atoms with van der Waals surface area (Å²) in [4.78, 5) is 11.9. The number of ketones is 1. The lowest BCUT2D eigenvalue weighted by molar-refractivity contribution is 0.104. The Bertz CT molecular complexity index is 622. The Balaban J connectivity index is 2.01. The number of thiophene rings is 1. The van der Waals surface area contributed by atoms with Gasteiger partial charge in [-0.1, -0.05) is 39.1 Å². The normalized spacial score (nSPS) is 10.9. The molecule has 1 N–H and O–H groups in total.